The van der Waals surface area contributed by atoms with Crippen LogP contribution < -0.4 is 5.48 Å². The number of hydrogen-bond donors (Lipinski definition) is 1. The summed E-state index contributed by atoms with van der Waals surface area (Å²) in [5.74, 6) is -0.468. The SMILES string of the molecule is [O-][NH2+]c1cc(CBr)ccc1F. The van der Waals surface area contributed by atoms with Crippen molar-refractivity contribution in [2.45, 2.75) is 5.33 Å². The molecule has 0 heterocycles. The fourth-order valence-corrected chi connectivity index (χ4v) is 1.12. The van der Waals surface area contributed by atoms with Gasteiger partial charge in [-0.3, -0.25) is 0 Å². The summed E-state index contributed by atoms with van der Waals surface area (Å²) in [6, 6.07) is 4.45. The van der Waals surface area contributed by atoms with E-state index in [2.05, 4.69) is 15.9 Å². The molecule has 0 saturated carbocycles. The van der Waals surface area contributed by atoms with Crippen LogP contribution in [0.5, 0.6) is 0 Å². The van der Waals surface area contributed by atoms with Gasteiger partial charge in [-0.25, -0.2) is 4.39 Å². The van der Waals surface area contributed by atoms with Gasteiger partial charge >= 0.3 is 0 Å². The topological polar surface area (TPSA) is 39.7 Å². The smallest absolute Gasteiger partial charge is 0.183 e. The van der Waals surface area contributed by atoms with E-state index in [1.165, 1.54) is 12.1 Å². The standard InChI is InChI=1S/C7H7BrFNO/c8-4-5-1-2-6(9)7(3-5)10-11/h1-3H,4,10H2. The number of rotatable bonds is 2. The van der Waals surface area contributed by atoms with E-state index in [9.17, 15) is 9.60 Å². The Morgan fingerprint density at radius 2 is 2.27 bits per heavy atom. The quantitative estimate of drug-likeness (QED) is 0.457. The maximum atomic E-state index is 12.7. The molecule has 0 unspecified atom stereocenters. The summed E-state index contributed by atoms with van der Waals surface area (Å²) < 4.78 is 12.7. The predicted octanol–water partition coefficient (Wildman–Crippen LogP) is 1.41. The van der Waals surface area contributed by atoms with E-state index in [-0.39, 0.29) is 5.69 Å². The van der Waals surface area contributed by atoms with Gasteiger partial charge in [0.25, 0.3) is 0 Å². The largest absolute Gasteiger partial charge is 0.630 e. The minimum atomic E-state index is -0.468. The first kappa shape index (κ1) is 8.64. The van der Waals surface area contributed by atoms with Crippen molar-refractivity contribution in [3.05, 3.63) is 34.8 Å². The normalized spacial score (nSPS) is 10.1. The summed E-state index contributed by atoms with van der Waals surface area (Å²) in [7, 11) is 0. The second-order valence-corrected chi connectivity index (χ2v) is 2.67. The first-order valence-electron chi connectivity index (χ1n) is 3.07. The summed E-state index contributed by atoms with van der Waals surface area (Å²) in [6.07, 6.45) is 0. The lowest BCUT2D eigenvalue weighted by Gasteiger charge is -2.03. The van der Waals surface area contributed by atoms with Crippen molar-refractivity contribution >= 4 is 21.6 Å². The Balaban J connectivity index is 3.02. The molecular weight excluding hydrogens is 213 g/mol. The fraction of sp³-hybridized carbons (Fsp3) is 0.143. The van der Waals surface area contributed by atoms with Crippen LogP contribution >= 0.6 is 15.9 Å². The Labute approximate surface area is 72.1 Å². The molecular formula is C7H7BrFNO. The maximum Gasteiger partial charge on any atom is 0.183 e. The molecule has 0 bridgehead atoms. The molecule has 2 nitrogen and oxygen atoms in total. The number of quaternary nitrogens is 1. The highest BCUT2D eigenvalue weighted by atomic mass is 79.9. The summed E-state index contributed by atoms with van der Waals surface area (Å²) in [6.45, 7) is 0. The van der Waals surface area contributed by atoms with Gasteiger partial charge in [-0.15, -0.1) is 0 Å². The summed E-state index contributed by atoms with van der Waals surface area (Å²) in [4.78, 5) is 0. The van der Waals surface area contributed by atoms with Crippen LogP contribution in [0, 0.1) is 11.0 Å². The number of alkyl halides is 1. The Morgan fingerprint density at radius 1 is 1.55 bits per heavy atom. The highest BCUT2D eigenvalue weighted by molar-refractivity contribution is 9.08. The molecule has 11 heavy (non-hydrogen) atoms. The molecule has 2 N–H and O–H groups in total. The molecule has 1 aromatic rings. The van der Waals surface area contributed by atoms with Crippen LogP contribution in [-0.2, 0) is 5.33 Å². The predicted molar refractivity (Wildman–Crippen MR) is 44.0 cm³/mol. The van der Waals surface area contributed by atoms with Crippen molar-refractivity contribution in [1.82, 2.24) is 0 Å². The molecule has 0 atom stereocenters. The lowest BCUT2D eigenvalue weighted by Crippen LogP contribution is -2.70. The Kier molecular flexibility index (Phi) is 2.99. The third-order valence-corrected chi connectivity index (χ3v) is 1.99. The van der Waals surface area contributed by atoms with Crippen molar-refractivity contribution < 1.29 is 9.87 Å². The van der Waals surface area contributed by atoms with Crippen LogP contribution in [0.3, 0.4) is 0 Å². The van der Waals surface area contributed by atoms with E-state index < -0.39 is 5.82 Å². The Morgan fingerprint density at radius 3 is 2.82 bits per heavy atom. The number of halogens is 2. The fourth-order valence-electron chi connectivity index (χ4n) is 0.767. The summed E-state index contributed by atoms with van der Waals surface area (Å²) >= 11 is 3.21. The molecule has 0 fully saturated rings. The van der Waals surface area contributed by atoms with E-state index in [0.29, 0.717) is 10.8 Å². The first-order chi connectivity index (χ1) is 5.27. The zero-order valence-corrected chi connectivity index (χ0v) is 7.27. The van der Waals surface area contributed by atoms with Crippen LogP contribution in [0.1, 0.15) is 5.56 Å². The average Bonchev–Trinajstić information content (AvgIpc) is 2.05. The highest BCUT2D eigenvalue weighted by Crippen LogP contribution is 2.13. The van der Waals surface area contributed by atoms with Crippen molar-refractivity contribution in [1.29, 1.82) is 0 Å². The van der Waals surface area contributed by atoms with Gasteiger partial charge in [0.15, 0.2) is 11.5 Å². The zero-order chi connectivity index (χ0) is 8.27. The number of benzene rings is 1. The third-order valence-electron chi connectivity index (χ3n) is 1.34. The minimum absolute atomic E-state index is 0.113. The van der Waals surface area contributed by atoms with Gasteiger partial charge in [0.1, 0.15) is 0 Å². The van der Waals surface area contributed by atoms with Crippen molar-refractivity contribution in [3.8, 4) is 0 Å². The lowest BCUT2D eigenvalue weighted by atomic mass is 10.2. The number of nitrogens with two attached hydrogens (primary N) is 1. The van der Waals surface area contributed by atoms with Gasteiger partial charge in [0, 0.05) is 11.4 Å². The lowest BCUT2D eigenvalue weighted by molar-refractivity contribution is -0.499. The third kappa shape index (κ3) is 1.99. The van der Waals surface area contributed by atoms with Gasteiger partial charge < -0.3 is 10.7 Å². The molecule has 0 aromatic heterocycles. The minimum Gasteiger partial charge on any atom is -0.630 e. The molecule has 0 saturated heterocycles. The van der Waals surface area contributed by atoms with Gasteiger partial charge in [-0.1, -0.05) is 22.0 Å². The summed E-state index contributed by atoms with van der Waals surface area (Å²) in [5.41, 5.74) is 1.53. The second-order valence-electron chi connectivity index (χ2n) is 2.11. The molecule has 1 aromatic carbocycles. The van der Waals surface area contributed by atoms with Gasteiger partial charge in [0.2, 0.25) is 0 Å². The molecule has 60 valence electrons. The first-order valence-corrected chi connectivity index (χ1v) is 4.19. The molecule has 0 aliphatic heterocycles. The van der Waals surface area contributed by atoms with Crippen LogP contribution in [-0.4, -0.2) is 0 Å². The molecule has 0 spiro atoms. The van der Waals surface area contributed by atoms with E-state index in [0.717, 1.165) is 5.56 Å². The molecule has 0 amide bonds. The van der Waals surface area contributed by atoms with Crippen molar-refractivity contribution in [3.63, 3.8) is 0 Å². The second kappa shape index (κ2) is 3.80. The van der Waals surface area contributed by atoms with Gasteiger partial charge in [-0.2, -0.15) is 0 Å². The highest BCUT2D eigenvalue weighted by Gasteiger charge is 2.02. The van der Waals surface area contributed by atoms with E-state index in [4.69, 9.17) is 0 Å². The molecule has 1 rings (SSSR count). The van der Waals surface area contributed by atoms with Crippen LogP contribution in [0.4, 0.5) is 10.1 Å². The number of hydrogen-bond acceptors (Lipinski definition) is 1. The van der Waals surface area contributed by atoms with Crippen molar-refractivity contribution in [2.75, 3.05) is 0 Å². The Hall–Kier alpha value is -0.450. The molecule has 0 aliphatic carbocycles. The zero-order valence-electron chi connectivity index (χ0n) is 5.68. The summed E-state index contributed by atoms with van der Waals surface area (Å²) in [5, 5.41) is 10.9. The van der Waals surface area contributed by atoms with Gasteiger partial charge in [-0.05, 0) is 11.6 Å². The van der Waals surface area contributed by atoms with Crippen molar-refractivity contribution in [2.24, 2.45) is 0 Å². The van der Waals surface area contributed by atoms with E-state index in [1.807, 2.05) is 0 Å². The maximum absolute atomic E-state index is 12.7. The van der Waals surface area contributed by atoms with E-state index in [1.54, 1.807) is 6.07 Å². The monoisotopic (exact) mass is 219 g/mol. The molecule has 0 aliphatic rings. The molecule has 0 radical (unpaired) electrons. The van der Waals surface area contributed by atoms with Crippen LogP contribution in [0.15, 0.2) is 18.2 Å². The van der Waals surface area contributed by atoms with E-state index >= 15 is 0 Å². The Bertz CT molecular complexity index is 254. The van der Waals surface area contributed by atoms with Crippen LogP contribution in [0.25, 0.3) is 0 Å². The average molecular weight is 220 g/mol. The van der Waals surface area contributed by atoms with Crippen LogP contribution in [0.2, 0.25) is 0 Å². The van der Waals surface area contributed by atoms with Gasteiger partial charge in [0.05, 0.1) is 0 Å². The molecule has 4 heteroatoms.